The number of benzene rings is 2. The van der Waals surface area contributed by atoms with E-state index in [-0.39, 0.29) is 29.0 Å². The molecule has 2 aromatic rings. The molecule has 1 unspecified atom stereocenters. The van der Waals surface area contributed by atoms with Crippen molar-refractivity contribution in [1.82, 2.24) is 5.32 Å². The summed E-state index contributed by atoms with van der Waals surface area (Å²) in [7, 11) is -5.39. The summed E-state index contributed by atoms with van der Waals surface area (Å²) in [4.78, 5) is 12.1. The Balaban J connectivity index is 1.57. The molecule has 1 fully saturated rings. The highest BCUT2D eigenvalue weighted by molar-refractivity contribution is 7.92. The van der Waals surface area contributed by atoms with Gasteiger partial charge in [-0.25, -0.2) is 16.8 Å². The molecule has 1 aliphatic heterocycles. The minimum absolute atomic E-state index is 0.0530. The number of ether oxygens (including phenoxy) is 2. The summed E-state index contributed by atoms with van der Waals surface area (Å²) < 4.78 is 60.6. The summed E-state index contributed by atoms with van der Waals surface area (Å²) >= 11 is 0. The minimum Gasteiger partial charge on any atom is -0.494 e. The maximum Gasteiger partial charge on any atom is 0.264 e. The molecule has 3 rings (SSSR count). The van der Waals surface area contributed by atoms with Gasteiger partial charge in [-0.2, -0.15) is 0 Å². The molecule has 0 aromatic heterocycles. The van der Waals surface area contributed by atoms with Crippen molar-refractivity contribution in [2.24, 2.45) is 0 Å². The first-order valence-corrected chi connectivity index (χ1v) is 13.3. The monoisotopic (exact) mass is 482 g/mol. The summed E-state index contributed by atoms with van der Waals surface area (Å²) in [5, 5.41) is 2.64. The molecule has 174 valence electrons. The van der Waals surface area contributed by atoms with Crippen LogP contribution >= 0.6 is 0 Å². The molecule has 1 amide bonds. The Morgan fingerprint density at radius 2 is 1.66 bits per heavy atom. The van der Waals surface area contributed by atoms with Gasteiger partial charge in [-0.15, -0.1) is 0 Å². The molecule has 2 aromatic carbocycles. The molecule has 9 nitrogen and oxygen atoms in total. The third-order valence-corrected chi connectivity index (χ3v) is 8.53. The second-order valence-electron chi connectivity index (χ2n) is 7.33. The van der Waals surface area contributed by atoms with Gasteiger partial charge in [0.05, 0.1) is 28.7 Å². The van der Waals surface area contributed by atoms with Crippen LogP contribution in [0.2, 0.25) is 0 Å². The molecule has 1 aliphatic rings. The van der Waals surface area contributed by atoms with Crippen molar-refractivity contribution in [3.05, 3.63) is 48.5 Å². The number of nitrogens with zero attached hydrogens (tertiary/aromatic N) is 1. The maximum absolute atomic E-state index is 12.9. The van der Waals surface area contributed by atoms with Gasteiger partial charge in [0.25, 0.3) is 15.9 Å². The lowest BCUT2D eigenvalue weighted by molar-refractivity contribution is -0.123. The van der Waals surface area contributed by atoms with Gasteiger partial charge in [0, 0.05) is 13.1 Å². The first kappa shape index (κ1) is 23.9. The second-order valence-corrected chi connectivity index (χ2v) is 11.5. The molecule has 0 bridgehead atoms. The smallest absolute Gasteiger partial charge is 0.264 e. The number of sulfone groups is 1. The highest BCUT2D eigenvalue weighted by Gasteiger charge is 2.29. The van der Waals surface area contributed by atoms with Crippen LogP contribution in [0.4, 0.5) is 5.69 Å². The van der Waals surface area contributed by atoms with Gasteiger partial charge in [0.1, 0.15) is 11.5 Å². The fourth-order valence-electron chi connectivity index (χ4n) is 3.25. The Hall–Kier alpha value is -2.79. The molecule has 1 saturated heterocycles. The molecule has 1 atom stereocenters. The first-order valence-electron chi connectivity index (χ1n) is 10.0. The summed E-state index contributed by atoms with van der Waals surface area (Å²) in [6.45, 7) is 2.07. The fourth-order valence-corrected chi connectivity index (χ4v) is 6.12. The van der Waals surface area contributed by atoms with Crippen molar-refractivity contribution in [2.45, 2.75) is 24.3 Å². The van der Waals surface area contributed by atoms with Crippen LogP contribution in [-0.2, 0) is 24.7 Å². The number of carbonyl (C=O) groups excluding carboxylic acids is 1. The zero-order valence-electron chi connectivity index (χ0n) is 17.9. The molecule has 1 N–H and O–H groups in total. The van der Waals surface area contributed by atoms with Crippen molar-refractivity contribution < 1.29 is 31.1 Å². The van der Waals surface area contributed by atoms with E-state index in [0.717, 1.165) is 4.31 Å². The Labute approximate surface area is 188 Å². The molecule has 11 heteroatoms. The van der Waals surface area contributed by atoms with E-state index in [4.69, 9.17) is 9.47 Å². The number of rotatable bonds is 9. The summed E-state index contributed by atoms with van der Waals surface area (Å²) in [5.41, 5.74) is 0.423. The molecule has 1 heterocycles. The predicted molar refractivity (Wildman–Crippen MR) is 120 cm³/mol. The third-order valence-electron chi connectivity index (χ3n) is 4.96. The summed E-state index contributed by atoms with van der Waals surface area (Å²) in [6, 6.07) is 12.1. The van der Waals surface area contributed by atoms with Gasteiger partial charge in [-0.1, -0.05) is 0 Å². The molecular weight excluding hydrogens is 456 g/mol. The van der Waals surface area contributed by atoms with E-state index in [1.54, 1.807) is 36.4 Å². The largest absolute Gasteiger partial charge is 0.494 e. The fraction of sp³-hybridized carbons (Fsp3) is 0.381. The topological polar surface area (TPSA) is 119 Å². The van der Waals surface area contributed by atoms with Gasteiger partial charge in [0.15, 0.2) is 16.4 Å². The molecule has 0 saturated carbocycles. The maximum atomic E-state index is 12.9. The highest BCUT2D eigenvalue weighted by Crippen LogP contribution is 2.25. The zero-order valence-corrected chi connectivity index (χ0v) is 19.5. The van der Waals surface area contributed by atoms with Gasteiger partial charge in [-0.05, 0) is 61.9 Å². The lowest BCUT2D eigenvalue weighted by Gasteiger charge is -2.20. The molecule has 0 radical (unpaired) electrons. The van der Waals surface area contributed by atoms with E-state index >= 15 is 0 Å². The Morgan fingerprint density at radius 3 is 2.22 bits per heavy atom. The average molecular weight is 483 g/mol. The van der Waals surface area contributed by atoms with Crippen LogP contribution < -0.4 is 19.1 Å². The standard InChI is InChI=1S/C21H26N2O7S2/c1-3-29-18-8-10-20(11-9-18)32(27,28)23(2)17-4-6-19(7-5-17)30-14-21(24)22-16-12-13-31(25,26)15-16/h4-11,16H,3,12-15H2,1-2H3,(H,22,24). The quantitative estimate of drug-likeness (QED) is 0.576. The lowest BCUT2D eigenvalue weighted by Crippen LogP contribution is -2.38. The minimum atomic E-state index is -3.76. The van der Waals surface area contributed by atoms with Gasteiger partial charge < -0.3 is 14.8 Å². The lowest BCUT2D eigenvalue weighted by atomic mass is 10.2. The number of nitrogens with one attached hydrogen (secondary N) is 1. The normalized spacial score (nSPS) is 17.5. The van der Waals surface area contributed by atoms with Crippen LogP contribution in [0.1, 0.15) is 13.3 Å². The summed E-state index contributed by atoms with van der Waals surface area (Å²) in [5.74, 6) is 0.589. The summed E-state index contributed by atoms with van der Waals surface area (Å²) in [6.07, 6.45) is 0.401. The van der Waals surface area contributed by atoms with E-state index in [1.165, 1.54) is 19.2 Å². The number of hydrogen-bond acceptors (Lipinski definition) is 7. The van der Waals surface area contributed by atoms with Crippen molar-refractivity contribution in [1.29, 1.82) is 0 Å². The van der Waals surface area contributed by atoms with Gasteiger partial charge >= 0.3 is 0 Å². The van der Waals surface area contributed by atoms with E-state index in [9.17, 15) is 21.6 Å². The molecular formula is C21H26N2O7S2. The van der Waals surface area contributed by atoms with E-state index in [2.05, 4.69) is 5.32 Å². The second kappa shape index (κ2) is 9.78. The Morgan fingerprint density at radius 1 is 1.06 bits per heavy atom. The van der Waals surface area contributed by atoms with Crippen LogP contribution in [-0.4, -0.2) is 60.6 Å². The van der Waals surface area contributed by atoms with Crippen molar-refractivity contribution in [2.75, 3.05) is 36.1 Å². The Kier molecular flexibility index (Phi) is 7.29. The van der Waals surface area contributed by atoms with Crippen LogP contribution in [0.15, 0.2) is 53.4 Å². The van der Waals surface area contributed by atoms with E-state index < -0.39 is 25.8 Å². The van der Waals surface area contributed by atoms with E-state index in [0.29, 0.717) is 30.2 Å². The number of carbonyl (C=O) groups is 1. The van der Waals surface area contributed by atoms with Gasteiger partial charge in [0.2, 0.25) is 0 Å². The molecule has 0 aliphatic carbocycles. The number of anilines is 1. The predicted octanol–water partition coefficient (Wildman–Crippen LogP) is 1.59. The zero-order chi connectivity index (χ0) is 23.4. The average Bonchev–Trinajstić information content (AvgIpc) is 3.10. The number of amides is 1. The van der Waals surface area contributed by atoms with Crippen molar-refractivity contribution in [3.8, 4) is 11.5 Å². The van der Waals surface area contributed by atoms with Crippen molar-refractivity contribution in [3.63, 3.8) is 0 Å². The van der Waals surface area contributed by atoms with Crippen molar-refractivity contribution >= 4 is 31.5 Å². The highest BCUT2D eigenvalue weighted by atomic mass is 32.2. The molecule has 0 spiro atoms. The number of sulfonamides is 1. The van der Waals surface area contributed by atoms with Crippen LogP contribution in [0.5, 0.6) is 11.5 Å². The molecule has 32 heavy (non-hydrogen) atoms. The first-order chi connectivity index (χ1) is 15.1. The third kappa shape index (κ3) is 5.92. The van der Waals surface area contributed by atoms with E-state index in [1.807, 2.05) is 6.92 Å². The number of hydrogen-bond donors (Lipinski definition) is 1. The van der Waals surface area contributed by atoms with Crippen LogP contribution in [0, 0.1) is 0 Å². The van der Waals surface area contributed by atoms with Gasteiger partial charge in [-0.3, -0.25) is 9.10 Å². The Bertz CT molecular complexity index is 1150. The van der Waals surface area contributed by atoms with Crippen LogP contribution in [0.3, 0.4) is 0 Å². The SMILES string of the molecule is CCOc1ccc(S(=O)(=O)N(C)c2ccc(OCC(=O)NC3CCS(=O)(=O)C3)cc2)cc1. The van der Waals surface area contributed by atoms with Crippen LogP contribution in [0.25, 0.3) is 0 Å².